The SMILES string of the molecule is O=C(Cc1ccc(OCCCCCNC[C@H](O)c2ccc(O)c3[nH]c(=O)ccc23)cc1)N1CC(C(=O)O)(c2ccccc2)[C@H]1C1CN2CCC1CC2. The van der Waals surface area contributed by atoms with Gasteiger partial charge >= 0.3 is 5.97 Å². The van der Waals surface area contributed by atoms with E-state index in [4.69, 9.17) is 4.74 Å². The molecule has 4 saturated heterocycles. The van der Waals surface area contributed by atoms with Gasteiger partial charge < -0.3 is 40.2 Å². The molecular formula is C41H48N4O7. The molecule has 0 saturated carbocycles. The summed E-state index contributed by atoms with van der Waals surface area (Å²) in [6.07, 6.45) is 4.25. The Hall–Kier alpha value is -4.71. The lowest BCUT2D eigenvalue weighted by Gasteiger charge is -2.62. The lowest BCUT2D eigenvalue weighted by Crippen LogP contribution is -2.76. The number of fused-ring (bicyclic) bond motifs is 4. The van der Waals surface area contributed by atoms with E-state index in [1.165, 1.54) is 12.1 Å². The zero-order valence-corrected chi connectivity index (χ0v) is 29.4. The highest BCUT2D eigenvalue weighted by atomic mass is 16.5. The molecule has 5 N–H and O–H groups in total. The highest BCUT2D eigenvalue weighted by Gasteiger charge is 2.64. The first-order valence-corrected chi connectivity index (χ1v) is 18.5. The van der Waals surface area contributed by atoms with Crippen molar-refractivity contribution in [3.63, 3.8) is 0 Å². The molecule has 1 amide bonds. The number of piperidine rings is 3. The normalized spacial score (nSPS) is 24.4. The molecule has 8 rings (SSSR count). The molecule has 11 heteroatoms. The number of likely N-dealkylation sites (tertiary alicyclic amines) is 1. The summed E-state index contributed by atoms with van der Waals surface area (Å²) in [5.41, 5.74) is 1.20. The molecule has 4 aliphatic heterocycles. The van der Waals surface area contributed by atoms with Crippen LogP contribution in [0.2, 0.25) is 0 Å². The summed E-state index contributed by atoms with van der Waals surface area (Å²) < 4.78 is 5.96. The number of benzene rings is 3. The minimum absolute atomic E-state index is 0.0307. The Labute approximate surface area is 303 Å². The van der Waals surface area contributed by atoms with Crippen LogP contribution >= 0.6 is 0 Å². The fourth-order valence-electron chi connectivity index (χ4n) is 8.73. The molecule has 1 aromatic heterocycles. The number of aromatic hydroxyl groups is 1. The van der Waals surface area contributed by atoms with Gasteiger partial charge in [-0.05, 0) is 105 Å². The molecule has 4 atom stereocenters. The number of unbranched alkanes of at least 4 members (excludes halogenated alkanes) is 2. The number of H-pyrrole nitrogens is 1. The predicted molar refractivity (Wildman–Crippen MR) is 197 cm³/mol. The van der Waals surface area contributed by atoms with Gasteiger partial charge in [-0.25, -0.2) is 0 Å². The first-order valence-electron chi connectivity index (χ1n) is 18.5. The molecule has 5 heterocycles. The second kappa shape index (κ2) is 15.5. The van der Waals surface area contributed by atoms with Crippen LogP contribution in [0.5, 0.6) is 11.5 Å². The molecular weight excluding hydrogens is 660 g/mol. The Morgan fingerprint density at radius 3 is 2.44 bits per heavy atom. The van der Waals surface area contributed by atoms with Crippen LogP contribution in [0.25, 0.3) is 10.9 Å². The molecule has 4 aliphatic rings. The van der Waals surface area contributed by atoms with E-state index in [9.17, 15) is 29.7 Å². The third-order valence-corrected chi connectivity index (χ3v) is 11.5. The van der Waals surface area contributed by atoms with Crippen molar-refractivity contribution in [2.24, 2.45) is 11.8 Å². The van der Waals surface area contributed by atoms with E-state index >= 15 is 0 Å². The Kier molecular flexibility index (Phi) is 10.6. The molecule has 4 fully saturated rings. The number of rotatable bonds is 15. The summed E-state index contributed by atoms with van der Waals surface area (Å²) in [4.78, 5) is 45.4. The van der Waals surface area contributed by atoms with Gasteiger partial charge in [0, 0.05) is 31.1 Å². The number of nitrogens with zero attached hydrogens (tertiary/aromatic N) is 2. The number of carboxylic acids is 1. The van der Waals surface area contributed by atoms with Crippen molar-refractivity contribution in [1.82, 2.24) is 20.1 Å². The lowest BCUT2D eigenvalue weighted by atomic mass is 9.58. The van der Waals surface area contributed by atoms with Crippen molar-refractivity contribution >= 4 is 22.8 Å². The minimum Gasteiger partial charge on any atom is -0.506 e. The van der Waals surface area contributed by atoms with Gasteiger partial charge in [0.25, 0.3) is 0 Å². The average Bonchev–Trinajstić information content (AvgIpc) is 3.14. The number of amides is 1. The molecule has 0 aliphatic carbocycles. The zero-order valence-electron chi connectivity index (χ0n) is 29.4. The summed E-state index contributed by atoms with van der Waals surface area (Å²) in [5, 5.41) is 35.4. The Morgan fingerprint density at radius 2 is 1.73 bits per heavy atom. The molecule has 4 aromatic rings. The quantitative estimate of drug-likeness (QED) is 0.114. The Balaban J connectivity index is 0.865. The Morgan fingerprint density at radius 1 is 0.962 bits per heavy atom. The van der Waals surface area contributed by atoms with E-state index in [0.717, 1.165) is 75.2 Å². The number of phenols is 1. The molecule has 3 aromatic carbocycles. The number of pyridine rings is 1. The highest BCUT2D eigenvalue weighted by molar-refractivity contribution is 5.90. The number of aliphatic carboxylic acids is 1. The van der Waals surface area contributed by atoms with Crippen LogP contribution in [0.3, 0.4) is 0 Å². The van der Waals surface area contributed by atoms with E-state index in [1.54, 1.807) is 12.1 Å². The number of carbonyl (C=O) groups is 2. The van der Waals surface area contributed by atoms with Crippen molar-refractivity contribution in [2.45, 2.75) is 56.1 Å². The lowest BCUT2D eigenvalue weighted by molar-refractivity contribution is -0.175. The summed E-state index contributed by atoms with van der Waals surface area (Å²) in [7, 11) is 0. The fraction of sp³-hybridized carbons (Fsp3) is 0.439. The summed E-state index contributed by atoms with van der Waals surface area (Å²) >= 11 is 0. The number of hydrogen-bond donors (Lipinski definition) is 5. The van der Waals surface area contributed by atoms with Gasteiger partial charge in [0.15, 0.2) is 0 Å². The molecule has 52 heavy (non-hydrogen) atoms. The number of aliphatic hydroxyl groups excluding tert-OH is 1. The van der Waals surface area contributed by atoms with E-state index in [2.05, 4.69) is 15.2 Å². The molecule has 2 bridgehead atoms. The monoisotopic (exact) mass is 708 g/mol. The van der Waals surface area contributed by atoms with Gasteiger partial charge in [-0.15, -0.1) is 0 Å². The maximum Gasteiger partial charge on any atom is 0.318 e. The largest absolute Gasteiger partial charge is 0.506 e. The number of hydrogen-bond acceptors (Lipinski definition) is 8. The standard InChI is InChI=1S/C41H48N4O7/c46-34-15-13-31(32-14-16-36(48)43-38(32)34)35(47)24-42-19-5-2-6-22-52-30-11-9-27(10-12-30)23-37(49)45-26-41(40(50)51,29-7-3-1-4-8-29)39(45)33-25-44-20-17-28(33)18-21-44/h1,3-4,7-16,28,33,35,39,42,46-47H,2,5-6,17-26H2,(H,43,48)(H,50,51)/t33?,35-,39+,41?/m0/s1. The number of nitrogens with one attached hydrogen (secondary N) is 2. The predicted octanol–water partition coefficient (Wildman–Crippen LogP) is 4.22. The number of phenolic OH excluding ortho intramolecular Hbond substituents is 1. The number of aromatic nitrogens is 1. The molecule has 0 radical (unpaired) electrons. The fourth-order valence-corrected chi connectivity index (χ4v) is 8.73. The van der Waals surface area contributed by atoms with Crippen molar-refractivity contribution in [3.8, 4) is 11.5 Å². The second-order valence-corrected chi connectivity index (χ2v) is 14.6. The van der Waals surface area contributed by atoms with E-state index < -0.39 is 17.5 Å². The topological polar surface area (TPSA) is 155 Å². The molecule has 274 valence electrons. The zero-order chi connectivity index (χ0) is 36.2. The maximum atomic E-state index is 13.8. The maximum absolute atomic E-state index is 13.8. The van der Waals surface area contributed by atoms with Crippen LogP contribution in [0.15, 0.2) is 83.7 Å². The van der Waals surface area contributed by atoms with Gasteiger partial charge in [-0.2, -0.15) is 0 Å². The van der Waals surface area contributed by atoms with E-state index in [1.807, 2.05) is 59.5 Å². The third-order valence-electron chi connectivity index (χ3n) is 11.5. The smallest absolute Gasteiger partial charge is 0.318 e. The average molecular weight is 709 g/mol. The van der Waals surface area contributed by atoms with Crippen molar-refractivity contribution in [3.05, 3.63) is 106 Å². The number of carbonyl (C=O) groups excluding carboxylic acids is 1. The van der Waals surface area contributed by atoms with Crippen molar-refractivity contribution in [1.29, 1.82) is 0 Å². The van der Waals surface area contributed by atoms with E-state index in [-0.39, 0.29) is 42.1 Å². The number of ether oxygens (including phenoxy) is 1. The van der Waals surface area contributed by atoms with Crippen LogP contribution < -0.4 is 15.6 Å². The Bertz CT molecular complexity index is 1930. The van der Waals surface area contributed by atoms with Gasteiger partial charge in [0.05, 0.1) is 30.7 Å². The third kappa shape index (κ3) is 7.17. The number of carboxylic acid groups (broad SMARTS) is 1. The van der Waals surface area contributed by atoms with Gasteiger partial charge in [-0.3, -0.25) is 14.4 Å². The van der Waals surface area contributed by atoms with Gasteiger partial charge in [0.2, 0.25) is 11.5 Å². The second-order valence-electron chi connectivity index (χ2n) is 14.6. The first kappa shape index (κ1) is 35.7. The molecule has 2 unspecified atom stereocenters. The highest BCUT2D eigenvalue weighted by Crippen LogP contribution is 2.50. The van der Waals surface area contributed by atoms with Gasteiger partial charge in [-0.1, -0.05) is 48.5 Å². The molecule has 0 spiro atoms. The van der Waals surface area contributed by atoms with Crippen LogP contribution in [-0.2, 0) is 21.4 Å². The van der Waals surface area contributed by atoms with Crippen molar-refractivity contribution in [2.75, 3.05) is 45.9 Å². The number of aliphatic hydroxyl groups is 1. The minimum atomic E-state index is -1.10. The summed E-state index contributed by atoms with van der Waals surface area (Å²) in [6, 6.07) is 22.9. The first-order chi connectivity index (χ1) is 25.2. The van der Waals surface area contributed by atoms with Crippen molar-refractivity contribution < 1.29 is 29.6 Å². The van der Waals surface area contributed by atoms with E-state index in [0.29, 0.717) is 35.5 Å². The van der Waals surface area contributed by atoms with Crippen LogP contribution in [-0.4, -0.2) is 93.9 Å². The summed E-state index contributed by atoms with van der Waals surface area (Å²) in [5.74, 6) is 0.394. The van der Waals surface area contributed by atoms with Gasteiger partial charge in [0.1, 0.15) is 16.9 Å². The van der Waals surface area contributed by atoms with Crippen LogP contribution in [0.4, 0.5) is 0 Å². The number of aromatic amines is 1. The summed E-state index contributed by atoms with van der Waals surface area (Å²) in [6.45, 7) is 4.77. The van der Waals surface area contributed by atoms with Crippen LogP contribution in [0.1, 0.15) is 54.9 Å². The molecule has 11 nitrogen and oxygen atoms in total. The van der Waals surface area contributed by atoms with Crippen LogP contribution in [0, 0.1) is 11.8 Å².